The second-order valence-corrected chi connectivity index (χ2v) is 4.97. The van der Waals surface area contributed by atoms with E-state index in [0.717, 1.165) is 16.9 Å². The first-order chi connectivity index (χ1) is 9.56. The van der Waals surface area contributed by atoms with Crippen LogP contribution in [-0.2, 0) is 13.7 Å². The third kappa shape index (κ3) is 1.65. The Morgan fingerprint density at radius 3 is 2.70 bits per heavy atom. The van der Waals surface area contributed by atoms with Gasteiger partial charge in [0.1, 0.15) is 28.6 Å². The van der Waals surface area contributed by atoms with Gasteiger partial charge in [-0.05, 0) is 13.8 Å². The summed E-state index contributed by atoms with van der Waals surface area (Å²) in [5.41, 5.74) is 3.63. The van der Waals surface area contributed by atoms with E-state index < -0.39 is 0 Å². The van der Waals surface area contributed by atoms with Gasteiger partial charge in [0.15, 0.2) is 0 Å². The van der Waals surface area contributed by atoms with Crippen LogP contribution in [0.15, 0.2) is 10.9 Å². The fourth-order valence-corrected chi connectivity index (χ4v) is 2.58. The van der Waals surface area contributed by atoms with E-state index in [0.29, 0.717) is 27.6 Å². The minimum atomic E-state index is -0.149. The number of rotatable bonds is 2. The average Bonchev–Trinajstić information content (AvgIpc) is 2.90. The molecule has 0 amide bonds. The largest absolute Gasteiger partial charge is 0.390 e. The second-order valence-electron chi connectivity index (χ2n) is 4.61. The molecule has 0 atom stereocenters. The molecule has 3 heterocycles. The van der Waals surface area contributed by atoms with Crippen LogP contribution in [0.1, 0.15) is 17.0 Å². The van der Waals surface area contributed by atoms with Crippen molar-refractivity contribution in [2.75, 3.05) is 0 Å². The van der Waals surface area contributed by atoms with E-state index in [1.54, 1.807) is 4.57 Å². The Morgan fingerprint density at radius 1 is 1.35 bits per heavy atom. The van der Waals surface area contributed by atoms with Gasteiger partial charge in [0.05, 0.1) is 17.7 Å². The van der Waals surface area contributed by atoms with Crippen LogP contribution in [0.5, 0.6) is 0 Å². The van der Waals surface area contributed by atoms with Gasteiger partial charge in [-0.25, -0.2) is 9.97 Å². The molecule has 0 aliphatic rings. The van der Waals surface area contributed by atoms with Gasteiger partial charge in [0.2, 0.25) is 0 Å². The van der Waals surface area contributed by atoms with Gasteiger partial charge >= 0.3 is 0 Å². The number of fused-ring (bicyclic) bond motifs is 1. The van der Waals surface area contributed by atoms with Crippen LogP contribution in [0.25, 0.3) is 22.3 Å². The third-order valence-electron chi connectivity index (χ3n) is 3.59. The smallest absolute Gasteiger partial charge is 0.145 e. The number of aromatic nitrogens is 4. The Morgan fingerprint density at radius 2 is 2.10 bits per heavy atom. The van der Waals surface area contributed by atoms with Crippen LogP contribution >= 0.6 is 11.6 Å². The number of halogens is 1. The molecule has 0 aliphatic carbocycles. The molecule has 20 heavy (non-hydrogen) atoms. The average molecular weight is 293 g/mol. The molecule has 0 saturated heterocycles. The fraction of sp³-hybridized carbons (Fsp3) is 0.308. The normalized spacial score (nSPS) is 11.4. The summed E-state index contributed by atoms with van der Waals surface area (Å²) in [5, 5.41) is 14.8. The number of aryl methyl sites for hydroxylation is 2. The third-order valence-corrected chi connectivity index (χ3v) is 3.87. The van der Waals surface area contributed by atoms with Gasteiger partial charge in [0.25, 0.3) is 0 Å². The van der Waals surface area contributed by atoms with E-state index >= 15 is 0 Å². The number of aliphatic hydroxyl groups is 1. The molecule has 0 bridgehead atoms. The van der Waals surface area contributed by atoms with Crippen LogP contribution in [0, 0.1) is 13.8 Å². The summed E-state index contributed by atoms with van der Waals surface area (Å²) in [6, 6.07) is 0. The highest BCUT2D eigenvalue weighted by atomic mass is 35.5. The highest BCUT2D eigenvalue weighted by Crippen LogP contribution is 2.38. The molecule has 0 aliphatic heterocycles. The Labute approximate surface area is 120 Å². The molecule has 104 valence electrons. The second kappa shape index (κ2) is 4.57. The maximum atomic E-state index is 9.68. The zero-order chi connectivity index (χ0) is 14.4. The van der Waals surface area contributed by atoms with Crippen LogP contribution in [0.2, 0.25) is 5.15 Å². The van der Waals surface area contributed by atoms with Crippen molar-refractivity contribution in [3.8, 4) is 11.3 Å². The minimum Gasteiger partial charge on any atom is -0.390 e. The Hall–Kier alpha value is -1.92. The quantitative estimate of drug-likeness (QED) is 0.734. The summed E-state index contributed by atoms with van der Waals surface area (Å²) >= 11 is 6.21. The number of hydrogen-bond donors (Lipinski definition) is 1. The summed E-state index contributed by atoms with van der Waals surface area (Å²) in [6.07, 6.45) is 1.40. The van der Waals surface area contributed by atoms with Crippen molar-refractivity contribution in [1.82, 2.24) is 19.7 Å². The van der Waals surface area contributed by atoms with Crippen molar-refractivity contribution in [3.63, 3.8) is 0 Å². The van der Waals surface area contributed by atoms with Crippen LogP contribution in [0.3, 0.4) is 0 Å². The molecule has 0 fully saturated rings. The molecule has 3 aromatic heterocycles. The highest BCUT2D eigenvalue weighted by molar-refractivity contribution is 6.35. The van der Waals surface area contributed by atoms with Crippen molar-refractivity contribution in [2.45, 2.75) is 20.5 Å². The van der Waals surface area contributed by atoms with Gasteiger partial charge < -0.3 is 14.2 Å². The lowest BCUT2D eigenvalue weighted by Crippen LogP contribution is -1.98. The summed E-state index contributed by atoms with van der Waals surface area (Å²) < 4.78 is 7.02. The first-order valence-electron chi connectivity index (χ1n) is 6.08. The summed E-state index contributed by atoms with van der Waals surface area (Å²) in [7, 11) is 1.82. The fourth-order valence-electron chi connectivity index (χ4n) is 2.36. The SMILES string of the molecule is Cc1onc(-c2c(CO)n(C)c3ncnc(Cl)c23)c1C. The molecule has 3 aromatic rings. The molecule has 0 unspecified atom stereocenters. The Balaban J connectivity index is 2.48. The molecular weight excluding hydrogens is 280 g/mol. The molecule has 3 rings (SSSR count). The van der Waals surface area contributed by atoms with Gasteiger partial charge in [-0.1, -0.05) is 16.8 Å². The molecule has 0 saturated carbocycles. The van der Waals surface area contributed by atoms with Gasteiger partial charge in [-0.3, -0.25) is 0 Å². The maximum Gasteiger partial charge on any atom is 0.145 e. The number of hydrogen-bond acceptors (Lipinski definition) is 5. The topological polar surface area (TPSA) is 77.0 Å². The number of nitrogens with zero attached hydrogens (tertiary/aromatic N) is 4. The van der Waals surface area contributed by atoms with Crippen LogP contribution in [0.4, 0.5) is 0 Å². The molecule has 0 spiro atoms. The standard InChI is InChI=1S/C13H13ClN4O2/c1-6-7(2)20-17-11(6)9-8(4-19)18(3)13-10(9)12(14)15-5-16-13/h5,19H,4H2,1-3H3. The van der Waals surface area contributed by atoms with Crippen molar-refractivity contribution in [1.29, 1.82) is 0 Å². The van der Waals surface area contributed by atoms with E-state index in [-0.39, 0.29) is 6.61 Å². The lowest BCUT2D eigenvalue weighted by Gasteiger charge is -2.02. The van der Waals surface area contributed by atoms with Crippen molar-refractivity contribution in [2.24, 2.45) is 7.05 Å². The van der Waals surface area contributed by atoms with E-state index in [2.05, 4.69) is 15.1 Å². The molecule has 0 radical (unpaired) electrons. The van der Waals surface area contributed by atoms with E-state index in [1.165, 1.54) is 6.33 Å². The minimum absolute atomic E-state index is 0.149. The molecule has 6 nitrogen and oxygen atoms in total. The summed E-state index contributed by atoms with van der Waals surface area (Å²) in [6.45, 7) is 3.61. The van der Waals surface area contributed by atoms with E-state index in [9.17, 15) is 5.11 Å². The van der Waals surface area contributed by atoms with Crippen molar-refractivity contribution in [3.05, 3.63) is 28.5 Å². The van der Waals surface area contributed by atoms with Gasteiger partial charge in [0, 0.05) is 18.2 Å². The van der Waals surface area contributed by atoms with Crippen molar-refractivity contribution < 1.29 is 9.63 Å². The predicted molar refractivity (Wildman–Crippen MR) is 74.4 cm³/mol. The molecular formula is C13H13ClN4O2. The molecule has 1 N–H and O–H groups in total. The highest BCUT2D eigenvalue weighted by Gasteiger charge is 2.24. The first-order valence-corrected chi connectivity index (χ1v) is 6.46. The van der Waals surface area contributed by atoms with Gasteiger partial charge in [-0.15, -0.1) is 0 Å². The van der Waals surface area contributed by atoms with Crippen LogP contribution < -0.4 is 0 Å². The van der Waals surface area contributed by atoms with E-state index in [4.69, 9.17) is 16.1 Å². The zero-order valence-corrected chi connectivity index (χ0v) is 12.1. The Bertz CT molecular complexity index is 806. The molecule has 7 heteroatoms. The lowest BCUT2D eigenvalue weighted by atomic mass is 10.1. The summed E-state index contributed by atoms with van der Waals surface area (Å²) in [5.74, 6) is 0.730. The summed E-state index contributed by atoms with van der Waals surface area (Å²) in [4.78, 5) is 8.25. The predicted octanol–water partition coefficient (Wildman–Crippen LogP) is 2.39. The van der Waals surface area contributed by atoms with Crippen molar-refractivity contribution >= 4 is 22.6 Å². The molecule has 0 aromatic carbocycles. The van der Waals surface area contributed by atoms with E-state index in [1.807, 2.05) is 20.9 Å². The monoisotopic (exact) mass is 292 g/mol. The lowest BCUT2D eigenvalue weighted by molar-refractivity contribution is 0.273. The van der Waals surface area contributed by atoms with Gasteiger partial charge in [-0.2, -0.15) is 0 Å². The number of aliphatic hydroxyl groups excluding tert-OH is 1. The maximum absolute atomic E-state index is 9.68. The first kappa shape index (κ1) is 13.1. The zero-order valence-electron chi connectivity index (χ0n) is 11.3. The van der Waals surface area contributed by atoms with Crippen LogP contribution in [-0.4, -0.2) is 24.8 Å². The Kier molecular flexibility index (Phi) is 2.99.